The second-order valence-corrected chi connectivity index (χ2v) is 11.1. The number of benzene rings is 1. The van der Waals surface area contributed by atoms with E-state index in [4.69, 9.17) is 4.74 Å². The summed E-state index contributed by atoms with van der Waals surface area (Å²) in [5, 5.41) is 9.81. The van der Waals surface area contributed by atoms with Crippen molar-refractivity contribution < 1.29 is 32.2 Å². The van der Waals surface area contributed by atoms with Crippen LogP contribution in [0, 0.1) is 17.2 Å². The van der Waals surface area contributed by atoms with Gasteiger partial charge in [0, 0.05) is 25.2 Å². The predicted octanol–water partition coefficient (Wildman–Crippen LogP) is 4.70. The van der Waals surface area contributed by atoms with Crippen molar-refractivity contribution in [2.75, 3.05) is 39.3 Å². The normalized spacial score (nSPS) is 22.4. The Morgan fingerprint density at radius 3 is 2.44 bits per heavy atom. The second kappa shape index (κ2) is 11.4. The Bertz CT molecular complexity index is 1150. The van der Waals surface area contributed by atoms with Gasteiger partial charge in [-0.1, -0.05) is 12.5 Å². The van der Waals surface area contributed by atoms with Gasteiger partial charge in [0.05, 0.1) is 41.8 Å². The molecule has 2 aromatic rings. The molecule has 0 bridgehead atoms. The Morgan fingerprint density at radius 1 is 1.08 bits per heavy atom. The molecule has 1 atom stereocenters. The van der Waals surface area contributed by atoms with Crippen LogP contribution in [0.4, 0.5) is 17.6 Å². The van der Waals surface area contributed by atoms with Crippen molar-refractivity contribution in [2.45, 2.75) is 57.2 Å². The zero-order valence-corrected chi connectivity index (χ0v) is 21.8. The van der Waals surface area contributed by atoms with Crippen LogP contribution in [0.5, 0.6) is 5.88 Å². The van der Waals surface area contributed by atoms with E-state index in [9.17, 15) is 27.5 Å². The maximum Gasteiger partial charge on any atom is 0.395 e. The minimum absolute atomic E-state index is 0.0481. The van der Waals surface area contributed by atoms with Crippen molar-refractivity contribution in [3.63, 3.8) is 0 Å². The highest BCUT2D eigenvalue weighted by Crippen LogP contribution is 2.53. The average Bonchev–Trinajstić information content (AvgIpc) is 2.89. The third-order valence-electron chi connectivity index (χ3n) is 8.42. The molecule has 3 fully saturated rings. The van der Waals surface area contributed by atoms with E-state index in [-0.39, 0.29) is 37.4 Å². The number of aliphatic hydroxyl groups excluding tert-OH is 1. The summed E-state index contributed by atoms with van der Waals surface area (Å²) >= 11 is 0. The van der Waals surface area contributed by atoms with E-state index < -0.39 is 29.4 Å². The van der Waals surface area contributed by atoms with Crippen molar-refractivity contribution in [3.05, 3.63) is 42.0 Å². The van der Waals surface area contributed by atoms with Gasteiger partial charge >= 0.3 is 6.18 Å². The number of ether oxygens (including phenoxy) is 1. The van der Waals surface area contributed by atoms with Crippen LogP contribution in [0.3, 0.4) is 0 Å². The van der Waals surface area contributed by atoms with Crippen LogP contribution in [-0.2, 0) is 0 Å². The SMILES string of the molecule is O=C(c1ccc(-c2cnc(OCC3CCN(CC4(C(F)(F)F)CCC4)CC3)cn2)cc1F)N1CCCC(O)C1. The summed E-state index contributed by atoms with van der Waals surface area (Å²) in [5.41, 5.74) is -0.676. The Labute approximate surface area is 225 Å². The average molecular weight is 551 g/mol. The topological polar surface area (TPSA) is 78.8 Å². The predicted molar refractivity (Wildman–Crippen MR) is 136 cm³/mol. The number of halogens is 4. The highest BCUT2D eigenvalue weighted by atomic mass is 19.4. The van der Waals surface area contributed by atoms with E-state index in [0.717, 1.165) is 12.8 Å². The maximum atomic E-state index is 14.8. The molecule has 1 N–H and O–H groups in total. The maximum absolute atomic E-state index is 14.8. The number of rotatable bonds is 7. The van der Waals surface area contributed by atoms with E-state index in [2.05, 4.69) is 9.97 Å². The molecule has 0 radical (unpaired) electrons. The van der Waals surface area contributed by atoms with Crippen molar-refractivity contribution in [2.24, 2.45) is 11.3 Å². The van der Waals surface area contributed by atoms with Gasteiger partial charge in [0.2, 0.25) is 5.88 Å². The molecular formula is C28H34F4N4O3. The summed E-state index contributed by atoms with van der Waals surface area (Å²) in [6.07, 6.45) is 2.15. The zero-order chi connectivity index (χ0) is 27.6. The van der Waals surface area contributed by atoms with Gasteiger partial charge in [-0.05, 0) is 69.7 Å². The lowest BCUT2D eigenvalue weighted by Gasteiger charge is -2.47. The number of hydrogen-bond donors (Lipinski definition) is 1. The Balaban J connectivity index is 1.11. The lowest BCUT2D eigenvalue weighted by atomic mass is 9.67. The fraction of sp³-hybridized carbons (Fsp3) is 0.607. The van der Waals surface area contributed by atoms with Crippen molar-refractivity contribution >= 4 is 5.91 Å². The van der Waals surface area contributed by atoms with Crippen molar-refractivity contribution in [1.29, 1.82) is 0 Å². The van der Waals surface area contributed by atoms with Crippen LogP contribution in [0.2, 0.25) is 0 Å². The molecule has 2 aliphatic heterocycles. The van der Waals surface area contributed by atoms with E-state index >= 15 is 0 Å². The van der Waals surface area contributed by atoms with E-state index in [1.165, 1.54) is 29.4 Å². The number of aliphatic hydroxyl groups is 1. The molecule has 5 rings (SSSR count). The van der Waals surface area contributed by atoms with Gasteiger partial charge in [-0.15, -0.1) is 0 Å². The number of carbonyl (C=O) groups excluding carboxylic acids is 1. The lowest BCUT2D eigenvalue weighted by molar-refractivity contribution is -0.256. The number of β-amino-alcohol motifs (C(OH)–C–C–N with tert-alkyl or cyclic N) is 1. The molecule has 7 nitrogen and oxygen atoms in total. The fourth-order valence-corrected chi connectivity index (χ4v) is 5.77. The Hall–Kier alpha value is -2.79. The summed E-state index contributed by atoms with van der Waals surface area (Å²) in [4.78, 5) is 24.7. The molecule has 0 spiro atoms. The Morgan fingerprint density at radius 2 is 1.85 bits per heavy atom. The molecule has 2 saturated heterocycles. The number of piperidine rings is 2. The zero-order valence-electron chi connectivity index (χ0n) is 21.8. The molecule has 1 saturated carbocycles. The number of carbonyl (C=O) groups is 1. The third-order valence-corrected chi connectivity index (χ3v) is 8.42. The lowest BCUT2D eigenvalue weighted by Crippen LogP contribution is -2.53. The molecule has 1 aromatic carbocycles. The first-order valence-corrected chi connectivity index (χ1v) is 13.6. The van der Waals surface area contributed by atoms with Crippen LogP contribution >= 0.6 is 0 Å². The van der Waals surface area contributed by atoms with Gasteiger partial charge in [-0.3, -0.25) is 4.79 Å². The van der Waals surface area contributed by atoms with E-state index in [1.54, 1.807) is 6.07 Å². The van der Waals surface area contributed by atoms with Crippen LogP contribution in [0.15, 0.2) is 30.6 Å². The molecule has 1 aliphatic carbocycles. The molecule has 1 amide bonds. The fourth-order valence-electron chi connectivity index (χ4n) is 5.77. The standard InChI is InChI=1S/C28H34F4N4O3/c29-23-13-20(4-5-22(23)26(38)36-10-1-3-21(37)16-36)24-14-34-25(15-33-24)39-17-19-6-11-35(12-7-19)18-27(8-2-9-27)28(30,31)32/h4-5,13-15,19,21,37H,1-3,6-12,16-18H2. The quantitative estimate of drug-likeness (QED) is 0.504. The minimum atomic E-state index is -4.14. The monoisotopic (exact) mass is 550 g/mol. The summed E-state index contributed by atoms with van der Waals surface area (Å²) in [6, 6.07) is 4.29. The van der Waals surface area contributed by atoms with Crippen LogP contribution < -0.4 is 4.74 Å². The summed E-state index contributed by atoms with van der Waals surface area (Å²) in [6.45, 7) is 2.43. The molecule has 39 heavy (non-hydrogen) atoms. The van der Waals surface area contributed by atoms with Crippen LogP contribution in [0.25, 0.3) is 11.3 Å². The van der Waals surface area contributed by atoms with E-state index in [0.29, 0.717) is 62.6 Å². The number of likely N-dealkylation sites (tertiary alicyclic amines) is 2. The third kappa shape index (κ3) is 6.19. The molecule has 3 aliphatic rings. The molecule has 3 heterocycles. The molecule has 11 heteroatoms. The number of amides is 1. The van der Waals surface area contributed by atoms with Gasteiger partial charge in [0.15, 0.2) is 0 Å². The van der Waals surface area contributed by atoms with Gasteiger partial charge < -0.3 is 19.6 Å². The summed E-state index contributed by atoms with van der Waals surface area (Å²) in [5.74, 6) is -0.556. The van der Waals surface area contributed by atoms with Gasteiger partial charge in [0.1, 0.15) is 5.82 Å². The first kappa shape index (κ1) is 27.8. The highest BCUT2D eigenvalue weighted by molar-refractivity contribution is 5.95. The number of hydrogen-bond acceptors (Lipinski definition) is 6. The number of alkyl halides is 3. The first-order valence-electron chi connectivity index (χ1n) is 13.6. The summed E-state index contributed by atoms with van der Waals surface area (Å²) < 4.78 is 61.0. The van der Waals surface area contributed by atoms with Crippen molar-refractivity contribution in [3.8, 4) is 17.1 Å². The molecule has 212 valence electrons. The molecule has 1 aromatic heterocycles. The van der Waals surface area contributed by atoms with Gasteiger partial charge in [-0.2, -0.15) is 13.2 Å². The number of aromatic nitrogens is 2. The number of nitrogens with zero attached hydrogens (tertiary/aromatic N) is 4. The summed E-state index contributed by atoms with van der Waals surface area (Å²) in [7, 11) is 0. The molecule has 1 unspecified atom stereocenters. The van der Waals surface area contributed by atoms with Crippen LogP contribution in [-0.4, -0.2) is 82.4 Å². The van der Waals surface area contributed by atoms with Gasteiger partial charge in [-0.25, -0.2) is 14.4 Å². The Kier molecular flexibility index (Phi) is 8.09. The highest BCUT2D eigenvalue weighted by Gasteiger charge is 2.58. The van der Waals surface area contributed by atoms with Crippen LogP contribution in [0.1, 0.15) is 55.3 Å². The van der Waals surface area contributed by atoms with Gasteiger partial charge in [0.25, 0.3) is 5.91 Å². The molecular weight excluding hydrogens is 516 g/mol. The first-order chi connectivity index (χ1) is 18.6. The smallest absolute Gasteiger partial charge is 0.395 e. The minimum Gasteiger partial charge on any atom is -0.476 e. The van der Waals surface area contributed by atoms with E-state index in [1.807, 2.05) is 4.90 Å². The second-order valence-electron chi connectivity index (χ2n) is 11.1. The van der Waals surface area contributed by atoms with Crippen molar-refractivity contribution in [1.82, 2.24) is 19.8 Å². The largest absolute Gasteiger partial charge is 0.476 e.